The van der Waals surface area contributed by atoms with E-state index in [1.54, 1.807) is 34.6 Å². The summed E-state index contributed by atoms with van der Waals surface area (Å²) in [5.41, 5.74) is 2.60. The van der Waals surface area contributed by atoms with Crippen LogP contribution in [0.2, 0.25) is 0 Å². The van der Waals surface area contributed by atoms with E-state index >= 15 is 0 Å². The maximum atomic E-state index is 13.1. The zero-order valence-electron chi connectivity index (χ0n) is 16.5. The lowest BCUT2D eigenvalue weighted by molar-refractivity contribution is 0.102. The third kappa shape index (κ3) is 4.28. The van der Waals surface area contributed by atoms with Crippen LogP contribution in [0.1, 0.15) is 36.5 Å². The molecule has 1 fully saturated rings. The minimum Gasteiger partial charge on any atom is -0.322 e. The van der Waals surface area contributed by atoms with Gasteiger partial charge in [0.15, 0.2) is 0 Å². The van der Waals surface area contributed by atoms with Crippen LogP contribution in [-0.2, 0) is 10.0 Å². The number of anilines is 1. The van der Waals surface area contributed by atoms with Crippen molar-refractivity contribution in [2.24, 2.45) is 0 Å². The molecule has 3 aromatic rings. The van der Waals surface area contributed by atoms with Gasteiger partial charge in [-0.3, -0.25) is 4.79 Å². The van der Waals surface area contributed by atoms with Crippen LogP contribution in [0.4, 0.5) is 5.69 Å². The Hall–Kier alpha value is -2.62. The second-order valence-corrected chi connectivity index (χ2v) is 9.81. The molecule has 2 heterocycles. The van der Waals surface area contributed by atoms with Crippen molar-refractivity contribution in [3.05, 3.63) is 59.5 Å². The number of carbonyl (C=O) groups excluding carboxylic acids is 1. The first-order valence-corrected chi connectivity index (χ1v) is 12.0. The summed E-state index contributed by atoms with van der Waals surface area (Å²) in [6.07, 6.45) is 2.75. The van der Waals surface area contributed by atoms with Gasteiger partial charge in [-0.05, 0) is 61.6 Å². The first kappa shape index (κ1) is 20.6. The monoisotopic (exact) mass is 442 g/mol. The minimum absolute atomic E-state index is 0.0346. The van der Waals surface area contributed by atoms with Crippen LogP contribution in [0.25, 0.3) is 11.3 Å². The number of amides is 1. The lowest BCUT2D eigenvalue weighted by Crippen LogP contribution is -2.41. The van der Waals surface area contributed by atoms with Gasteiger partial charge in [0.05, 0.1) is 4.90 Å². The van der Waals surface area contributed by atoms with Crippen LogP contribution in [0.5, 0.6) is 0 Å². The molecule has 1 unspecified atom stereocenters. The van der Waals surface area contributed by atoms with Crippen molar-refractivity contribution < 1.29 is 13.2 Å². The maximum absolute atomic E-state index is 13.1. The third-order valence-electron chi connectivity index (χ3n) is 5.24. The van der Waals surface area contributed by atoms with Crippen molar-refractivity contribution in [3.8, 4) is 11.3 Å². The van der Waals surface area contributed by atoms with Gasteiger partial charge in [-0.1, -0.05) is 29.1 Å². The van der Waals surface area contributed by atoms with Crippen LogP contribution < -0.4 is 5.32 Å². The number of nitrogens with one attached hydrogen (secondary N) is 1. The van der Waals surface area contributed by atoms with Gasteiger partial charge in [-0.2, -0.15) is 4.31 Å². The van der Waals surface area contributed by atoms with Crippen molar-refractivity contribution in [2.45, 2.75) is 37.1 Å². The summed E-state index contributed by atoms with van der Waals surface area (Å²) in [5, 5.41) is 8.69. The average molecular weight is 443 g/mol. The van der Waals surface area contributed by atoms with Gasteiger partial charge in [0.25, 0.3) is 5.91 Å². The Morgan fingerprint density at radius 2 is 1.97 bits per heavy atom. The zero-order valence-corrected chi connectivity index (χ0v) is 18.1. The molecule has 0 aliphatic carbocycles. The highest BCUT2D eigenvalue weighted by atomic mass is 32.2. The van der Waals surface area contributed by atoms with E-state index in [0.717, 1.165) is 30.5 Å². The molecule has 0 saturated carbocycles. The number of hydrogen-bond donors (Lipinski definition) is 1. The lowest BCUT2D eigenvalue weighted by Gasteiger charge is -2.32. The standard InChI is InChI=1S/C21H22N4O3S2/c1-15-5-2-3-12-25(15)30(27,28)19-7-4-6-17(13-19)21(26)22-18-10-8-16(9-11-18)20-14-29-24-23-20/h4,6-11,13-15H,2-3,5,12H2,1H3,(H,22,26). The number of aromatic nitrogens is 2. The van der Waals surface area contributed by atoms with E-state index in [-0.39, 0.29) is 16.8 Å². The highest BCUT2D eigenvalue weighted by molar-refractivity contribution is 7.89. The summed E-state index contributed by atoms with van der Waals surface area (Å²) in [6, 6.07) is 13.4. The summed E-state index contributed by atoms with van der Waals surface area (Å²) in [6.45, 7) is 2.44. The molecule has 30 heavy (non-hydrogen) atoms. The SMILES string of the molecule is CC1CCCCN1S(=O)(=O)c1cccc(C(=O)Nc2ccc(-c3csnn3)cc2)c1. The fourth-order valence-electron chi connectivity index (χ4n) is 3.58. The number of sulfonamides is 1. The summed E-state index contributed by atoms with van der Waals surface area (Å²) >= 11 is 1.28. The van der Waals surface area contributed by atoms with Crippen LogP contribution in [0, 0.1) is 0 Å². The molecule has 156 valence electrons. The van der Waals surface area contributed by atoms with Crippen molar-refractivity contribution in [1.29, 1.82) is 0 Å². The first-order valence-electron chi connectivity index (χ1n) is 9.76. The molecule has 0 radical (unpaired) electrons. The van der Waals surface area contributed by atoms with Gasteiger partial charge < -0.3 is 5.32 Å². The minimum atomic E-state index is -3.63. The molecule has 0 bridgehead atoms. The highest BCUT2D eigenvalue weighted by Crippen LogP contribution is 2.26. The number of nitrogens with zero attached hydrogens (tertiary/aromatic N) is 3. The van der Waals surface area contributed by atoms with Crippen molar-refractivity contribution in [3.63, 3.8) is 0 Å². The quantitative estimate of drug-likeness (QED) is 0.644. The normalized spacial score (nSPS) is 17.6. The Kier molecular flexibility index (Phi) is 5.94. The van der Waals surface area contributed by atoms with E-state index in [1.807, 2.05) is 24.4 Å². The topological polar surface area (TPSA) is 92.3 Å². The number of benzene rings is 2. The molecule has 0 spiro atoms. The number of piperidine rings is 1. The van der Waals surface area contributed by atoms with E-state index < -0.39 is 10.0 Å². The van der Waals surface area contributed by atoms with Gasteiger partial charge in [0, 0.05) is 34.8 Å². The summed E-state index contributed by atoms with van der Waals surface area (Å²) in [5.74, 6) is -0.359. The second-order valence-electron chi connectivity index (χ2n) is 7.31. The molecule has 9 heteroatoms. The van der Waals surface area contributed by atoms with Crippen molar-refractivity contribution in [1.82, 2.24) is 13.9 Å². The van der Waals surface area contributed by atoms with E-state index in [0.29, 0.717) is 17.8 Å². The average Bonchev–Trinajstić information content (AvgIpc) is 3.29. The van der Waals surface area contributed by atoms with Crippen molar-refractivity contribution in [2.75, 3.05) is 11.9 Å². The van der Waals surface area contributed by atoms with E-state index in [9.17, 15) is 13.2 Å². The predicted octanol–water partition coefficient (Wildman–Crippen LogP) is 4.02. The Bertz CT molecular complexity index is 1130. The fourth-order valence-corrected chi connectivity index (χ4v) is 5.79. The smallest absolute Gasteiger partial charge is 0.255 e. The van der Waals surface area contributed by atoms with Gasteiger partial charge >= 0.3 is 0 Å². The Morgan fingerprint density at radius 3 is 2.67 bits per heavy atom. The molecular weight excluding hydrogens is 420 g/mol. The molecule has 1 aliphatic rings. The fraction of sp³-hybridized carbons (Fsp3) is 0.286. The molecular formula is C21H22N4O3S2. The number of hydrogen-bond acceptors (Lipinski definition) is 6. The van der Waals surface area contributed by atoms with Gasteiger partial charge in [0.1, 0.15) is 5.69 Å². The summed E-state index contributed by atoms with van der Waals surface area (Å²) in [7, 11) is -3.63. The molecule has 1 amide bonds. The van der Waals surface area contributed by atoms with Crippen LogP contribution in [0.15, 0.2) is 58.8 Å². The van der Waals surface area contributed by atoms with Gasteiger partial charge in [-0.25, -0.2) is 8.42 Å². The van der Waals surface area contributed by atoms with Gasteiger partial charge in [-0.15, -0.1) is 5.10 Å². The zero-order chi connectivity index (χ0) is 21.1. The molecule has 1 aromatic heterocycles. The van der Waals surface area contributed by atoms with Crippen LogP contribution in [-0.4, -0.2) is 40.8 Å². The van der Waals surface area contributed by atoms with E-state index in [2.05, 4.69) is 14.9 Å². The predicted molar refractivity (Wildman–Crippen MR) is 117 cm³/mol. The van der Waals surface area contributed by atoms with Crippen molar-refractivity contribution >= 4 is 33.2 Å². The van der Waals surface area contributed by atoms with E-state index in [4.69, 9.17) is 0 Å². The summed E-state index contributed by atoms with van der Waals surface area (Å²) < 4.78 is 31.5. The third-order valence-corrected chi connectivity index (χ3v) is 7.76. The van der Waals surface area contributed by atoms with Crippen LogP contribution >= 0.6 is 11.5 Å². The Labute approximate surface area is 180 Å². The molecule has 1 saturated heterocycles. The summed E-state index contributed by atoms with van der Waals surface area (Å²) in [4.78, 5) is 12.9. The lowest BCUT2D eigenvalue weighted by atomic mass is 10.1. The molecule has 1 aliphatic heterocycles. The Morgan fingerprint density at radius 1 is 1.17 bits per heavy atom. The molecule has 7 nitrogen and oxygen atoms in total. The van der Waals surface area contributed by atoms with E-state index in [1.165, 1.54) is 17.6 Å². The molecule has 2 aromatic carbocycles. The molecule has 1 atom stereocenters. The molecule has 1 N–H and O–H groups in total. The number of rotatable bonds is 5. The Balaban J connectivity index is 1.51. The van der Waals surface area contributed by atoms with Gasteiger partial charge in [0.2, 0.25) is 10.0 Å². The maximum Gasteiger partial charge on any atom is 0.255 e. The largest absolute Gasteiger partial charge is 0.322 e. The first-order chi connectivity index (χ1) is 14.4. The number of carbonyl (C=O) groups is 1. The van der Waals surface area contributed by atoms with Crippen LogP contribution in [0.3, 0.4) is 0 Å². The highest BCUT2D eigenvalue weighted by Gasteiger charge is 2.31. The molecule has 4 rings (SSSR count). The second kappa shape index (κ2) is 8.63.